The van der Waals surface area contributed by atoms with Gasteiger partial charge in [-0.15, -0.1) is 0 Å². The van der Waals surface area contributed by atoms with Gasteiger partial charge < -0.3 is 15.2 Å². The molecule has 0 bridgehead atoms. The Morgan fingerprint density at radius 2 is 1.96 bits per heavy atom. The number of halogens is 5. The Hall–Kier alpha value is -2.40. The molecule has 1 atom stereocenters. The van der Waals surface area contributed by atoms with Crippen molar-refractivity contribution < 1.29 is 41.8 Å². The zero-order valence-corrected chi connectivity index (χ0v) is 14.6. The number of amides is 3. The first-order chi connectivity index (χ1) is 12.3. The maximum absolute atomic E-state index is 14.2. The molecule has 0 radical (unpaired) electrons. The molecule has 2 N–H and O–H groups in total. The maximum atomic E-state index is 14.2. The fraction of sp³-hybridized carbons (Fsp3) is 0.400. The summed E-state index contributed by atoms with van der Waals surface area (Å²) in [6, 6.07) is -0.410. The highest BCUT2D eigenvalue weighted by atomic mass is 35.5. The van der Waals surface area contributed by atoms with E-state index < -0.39 is 64.4 Å². The maximum Gasteiger partial charge on any atom is 0.437 e. The fourth-order valence-electron chi connectivity index (χ4n) is 2.25. The number of hydrogen-bond acceptors (Lipinski definition) is 5. The van der Waals surface area contributed by atoms with Crippen LogP contribution in [-0.4, -0.2) is 41.0 Å². The standard InChI is InChI=1S/C15H13ClF4N2O5/c1-6(2)27-12(24)7-3-10(9(17)4-8(7)16)22-11(23)5-14(26,15(18,19)20)21-13(22)25/h3-4,6,26H,5H2,1-2H3,(H,21,25). The smallest absolute Gasteiger partial charge is 0.437 e. The number of hydrogen-bond donors (Lipinski definition) is 2. The number of aliphatic hydroxyl groups is 1. The van der Waals surface area contributed by atoms with Crippen LogP contribution < -0.4 is 10.2 Å². The molecule has 1 unspecified atom stereocenters. The van der Waals surface area contributed by atoms with E-state index in [1.807, 2.05) is 0 Å². The van der Waals surface area contributed by atoms with Crippen molar-refractivity contribution in [2.24, 2.45) is 0 Å². The van der Waals surface area contributed by atoms with E-state index >= 15 is 0 Å². The summed E-state index contributed by atoms with van der Waals surface area (Å²) in [6.07, 6.45) is -7.49. The Kier molecular flexibility index (Phi) is 5.39. The van der Waals surface area contributed by atoms with Crippen molar-refractivity contribution >= 4 is 35.2 Å². The van der Waals surface area contributed by atoms with E-state index in [2.05, 4.69) is 0 Å². The lowest BCUT2D eigenvalue weighted by molar-refractivity contribution is -0.269. The van der Waals surface area contributed by atoms with Crippen molar-refractivity contribution in [3.63, 3.8) is 0 Å². The number of ether oxygens (including phenoxy) is 1. The van der Waals surface area contributed by atoms with Gasteiger partial charge in [0.15, 0.2) is 0 Å². The molecule has 12 heteroatoms. The number of benzene rings is 1. The highest BCUT2D eigenvalue weighted by Crippen LogP contribution is 2.36. The number of esters is 1. The lowest BCUT2D eigenvalue weighted by Gasteiger charge is -2.38. The number of anilines is 1. The van der Waals surface area contributed by atoms with Gasteiger partial charge in [0.2, 0.25) is 11.6 Å². The highest BCUT2D eigenvalue weighted by molar-refractivity contribution is 6.34. The first kappa shape index (κ1) is 20.9. The van der Waals surface area contributed by atoms with Crippen molar-refractivity contribution in [3.8, 4) is 0 Å². The van der Waals surface area contributed by atoms with Gasteiger partial charge in [0.1, 0.15) is 5.82 Å². The van der Waals surface area contributed by atoms with Gasteiger partial charge in [-0.05, 0) is 26.0 Å². The van der Waals surface area contributed by atoms with Gasteiger partial charge in [0, 0.05) is 0 Å². The molecule has 1 aromatic carbocycles. The Balaban J connectivity index is 2.45. The molecule has 0 aliphatic carbocycles. The number of carbonyl (C=O) groups is 3. The van der Waals surface area contributed by atoms with Crippen molar-refractivity contribution in [3.05, 3.63) is 28.5 Å². The minimum atomic E-state index is -5.34. The van der Waals surface area contributed by atoms with Crippen LogP contribution in [0.4, 0.5) is 28.0 Å². The molecule has 0 spiro atoms. The first-order valence-electron chi connectivity index (χ1n) is 7.41. The molecule has 3 amide bonds. The van der Waals surface area contributed by atoms with Crippen LogP contribution in [0.1, 0.15) is 30.6 Å². The third-order valence-electron chi connectivity index (χ3n) is 3.48. The van der Waals surface area contributed by atoms with Gasteiger partial charge in [-0.2, -0.15) is 13.2 Å². The van der Waals surface area contributed by atoms with Crippen molar-refractivity contribution in [1.82, 2.24) is 5.32 Å². The summed E-state index contributed by atoms with van der Waals surface area (Å²) >= 11 is 5.76. The molecule has 1 fully saturated rings. The number of imide groups is 1. The summed E-state index contributed by atoms with van der Waals surface area (Å²) in [6.45, 7) is 3.05. The third-order valence-corrected chi connectivity index (χ3v) is 3.79. The van der Waals surface area contributed by atoms with Gasteiger partial charge in [0.05, 0.1) is 28.8 Å². The van der Waals surface area contributed by atoms with Crippen molar-refractivity contribution in [2.75, 3.05) is 4.90 Å². The van der Waals surface area contributed by atoms with Crippen LogP contribution in [0.2, 0.25) is 5.02 Å². The van der Waals surface area contributed by atoms with Crippen molar-refractivity contribution in [1.29, 1.82) is 0 Å². The minimum absolute atomic E-state index is 0.0397. The number of rotatable bonds is 3. The summed E-state index contributed by atoms with van der Waals surface area (Å²) in [5.41, 5.74) is -5.01. The average molecular weight is 413 g/mol. The molecule has 2 rings (SSSR count). The lowest BCUT2D eigenvalue weighted by Crippen LogP contribution is -2.68. The number of carbonyl (C=O) groups excluding carboxylic acids is 3. The molecule has 1 aliphatic heterocycles. The molecular weight excluding hydrogens is 400 g/mol. The summed E-state index contributed by atoms with van der Waals surface area (Å²) in [5, 5.41) is 10.3. The molecule has 1 aliphatic rings. The van der Waals surface area contributed by atoms with Gasteiger partial charge in [-0.3, -0.25) is 4.79 Å². The Morgan fingerprint density at radius 3 is 2.44 bits per heavy atom. The molecule has 1 aromatic rings. The van der Waals surface area contributed by atoms with Crippen LogP contribution >= 0.6 is 11.6 Å². The van der Waals surface area contributed by atoms with Gasteiger partial charge in [-0.25, -0.2) is 18.9 Å². The van der Waals surface area contributed by atoms with Crippen molar-refractivity contribution in [2.45, 2.75) is 38.3 Å². The van der Waals surface area contributed by atoms with E-state index in [4.69, 9.17) is 16.3 Å². The van der Waals surface area contributed by atoms with E-state index in [0.29, 0.717) is 12.1 Å². The molecule has 0 saturated carbocycles. The normalized spacial score (nSPS) is 20.7. The monoisotopic (exact) mass is 412 g/mol. The fourth-order valence-corrected chi connectivity index (χ4v) is 2.47. The van der Waals surface area contributed by atoms with Crippen LogP contribution in [-0.2, 0) is 9.53 Å². The predicted octanol–water partition coefficient (Wildman–Crippen LogP) is 2.74. The Morgan fingerprint density at radius 1 is 1.37 bits per heavy atom. The summed E-state index contributed by atoms with van der Waals surface area (Å²) in [5.74, 6) is -3.78. The van der Waals surface area contributed by atoms with E-state index in [-0.39, 0.29) is 4.90 Å². The summed E-state index contributed by atoms with van der Waals surface area (Å²) in [7, 11) is 0. The zero-order chi connectivity index (χ0) is 20.7. The topological polar surface area (TPSA) is 95.9 Å². The molecule has 1 saturated heterocycles. The zero-order valence-electron chi connectivity index (χ0n) is 13.9. The number of alkyl halides is 3. The van der Waals surface area contributed by atoms with Gasteiger partial charge in [0.25, 0.3) is 0 Å². The second-order valence-electron chi connectivity index (χ2n) is 5.93. The van der Waals surface area contributed by atoms with Crippen LogP contribution in [0.15, 0.2) is 12.1 Å². The molecule has 7 nitrogen and oxygen atoms in total. The van der Waals surface area contributed by atoms with Crippen LogP contribution in [0, 0.1) is 5.82 Å². The first-order valence-corrected chi connectivity index (χ1v) is 7.79. The lowest BCUT2D eigenvalue weighted by atomic mass is 10.0. The van der Waals surface area contributed by atoms with E-state index in [0.717, 1.165) is 0 Å². The molecule has 148 valence electrons. The molecule has 1 heterocycles. The largest absolute Gasteiger partial charge is 0.459 e. The number of nitrogens with zero attached hydrogens (tertiary/aromatic N) is 1. The SMILES string of the molecule is CC(C)OC(=O)c1cc(N2C(=O)CC(O)(C(F)(F)F)NC2=O)c(F)cc1Cl. The number of nitrogens with one attached hydrogen (secondary N) is 1. The van der Waals surface area contributed by atoms with Gasteiger partial charge >= 0.3 is 18.2 Å². The second kappa shape index (κ2) is 6.97. The van der Waals surface area contributed by atoms with Crippen LogP contribution in [0.5, 0.6) is 0 Å². The predicted molar refractivity (Wildman–Crippen MR) is 83.6 cm³/mol. The molecule has 0 aromatic heterocycles. The average Bonchev–Trinajstić information content (AvgIpc) is 2.46. The van der Waals surface area contributed by atoms with Gasteiger partial charge in [-0.1, -0.05) is 11.6 Å². The molecular formula is C15H13ClF4N2O5. The highest BCUT2D eigenvalue weighted by Gasteiger charge is 2.60. The summed E-state index contributed by atoms with van der Waals surface area (Å²) < 4.78 is 57.6. The second-order valence-corrected chi connectivity index (χ2v) is 6.34. The summed E-state index contributed by atoms with van der Waals surface area (Å²) in [4.78, 5) is 36.1. The number of urea groups is 1. The van der Waals surface area contributed by atoms with E-state index in [9.17, 15) is 37.1 Å². The Bertz CT molecular complexity index is 794. The Labute approximate surface area is 154 Å². The molecule has 27 heavy (non-hydrogen) atoms. The minimum Gasteiger partial charge on any atom is -0.459 e. The van der Waals surface area contributed by atoms with Crippen LogP contribution in [0.25, 0.3) is 0 Å². The van der Waals surface area contributed by atoms with E-state index in [1.54, 1.807) is 0 Å². The quantitative estimate of drug-likeness (QED) is 0.588. The van der Waals surface area contributed by atoms with E-state index in [1.165, 1.54) is 19.2 Å². The third kappa shape index (κ3) is 3.98. The van der Waals surface area contributed by atoms with Crippen LogP contribution in [0.3, 0.4) is 0 Å².